The lowest BCUT2D eigenvalue weighted by molar-refractivity contribution is -0.0312. The Morgan fingerprint density at radius 1 is 1.16 bits per heavy atom. The SMILES string of the molecule is Cc1nc2c(cc1S(=O)(=O)N1CCC3(CC1)C[C@@H](NC[C@H](O)COc1cccc(S(=O)(=O)C4CC4)c1)CO3)N(C)CCO2. The monoisotopic (exact) mass is 636 g/mol. The zero-order valence-corrected chi connectivity index (χ0v) is 26.2. The minimum Gasteiger partial charge on any atom is -0.491 e. The van der Waals surface area contributed by atoms with Gasteiger partial charge in [0.25, 0.3) is 0 Å². The van der Waals surface area contributed by atoms with E-state index in [1.807, 2.05) is 11.9 Å². The van der Waals surface area contributed by atoms with E-state index >= 15 is 0 Å². The van der Waals surface area contributed by atoms with Crippen molar-refractivity contribution in [3.8, 4) is 11.6 Å². The van der Waals surface area contributed by atoms with Crippen LogP contribution in [0.3, 0.4) is 0 Å². The van der Waals surface area contributed by atoms with Crippen molar-refractivity contribution in [1.82, 2.24) is 14.6 Å². The summed E-state index contributed by atoms with van der Waals surface area (Å²) < 4.78 is 71.3. The van der Waals surface area contributed by atoms with Crippen LogP contribution in [0.4, 0.5) is 5.69 Å². The molecule has 1 aromatic heterocycles. The molecule has 4 heterocycles. The Bertz CT molecular complexity index is 1560. The number of aryl methyl sites for hydroxylation is 1. The maximum atomic E-state index is 13.6. The van der Waals surface area contributed by atoms with Gasteiger partial charge in [0, 0.05) is 32.7 Å². The molecule has 1 spiro atoms. The number of likely N-dealkylation sites (N-methyl/N-ethyl adjacent to an activating group) is 1. The zero-order valence-electron chi connectivity index (χ0n) is 24.6. The summed E-state index contributed by atoms with van der Waals surface area (Å²) in [5.41, 5.74) is 0.698. The van der Waals surface area contributed by atoms with Crippen molar-refractivity contribution in [2.75, 3.05) is 57.9 Å². The first kappa shape index (κ1) is 30.5. The van der Waals surface area contributed by atoms with Crippen LogP contribution >= 0.6 is 0 Å². The molecule has 6 rings (SSSR count). The van der Waals surface area contributed by atoms with E-state index in [4.69, 9.17) is 14.2 Å². The van der Waals surface area contributed by atoms with Crippen LogP contribution < -0.4 is 19.7 Å². The number of ether oxygens (including phenoxy) is 3. The second-order valence-electron chi connectivity index (χ2n) is 12.1. The van der Waals surface area contributed by atoms with Gasteiger partial charge in [0.05, 0.1) is 34.6 Å². The fourth-order valence-corrected chi connectivity index (χ4v) is 9.37. The van der Waals surface area contributed by atoms with Gasteiger partial charge in [0.2, 0.25) is 15.9 Å². The van der Waals surface area contributed by atoms with Crippen LogP contribution in [0.5, 0.6) is 11.6 Å². The van der Waals surface area contributed by atoms with E-state index in [9.17, 15) is 21.9 Å². The van der Waals surface area contributed by atoms with Crippen molar-refractivity contribution in [2.24, 2.45) is 0 Å². The van der Waals surface area contributed by atoms with Crippen molar-refractivity contribution in [2.45, 2.75) is 71.8 Å². The lowest BCUT2D eigenvalue weighted by atomic mass is 9.88. The number of hydrogen-bond donors (Lipinski definition) is 2. The van der Waals surface area contributed by atoms with Crippen molar-refractivity contribution in [1.29, 1.82) is 0 Å². The average molecular weight is 637 g/mol. The number of rotatable bonds is 10. The molecule has 4 aliphatic rings. The van der Waals surface area contributed by atoms with Gasteiger partial charge in [-0.2, -0.15) is 4.31 Å². The highest BCUT2D eigenvalue weighted by Gasteiger charge is 2.45. The maximum absolute atomic E-state index is 13.6. The summed E-state index contributed by atoms with van der Waals surface area (Å²) in [6, 6.07) is 8.13. The molecule has 2 saturated heterocycles. The highest BCUT2D eigenvalue weighted by molar-refractivity contribution is 7.92. The Morgan fingerprint density at radius 2 is 1.93 bits per heavy atom. The van der Waals surface area contributed by atoms with Gasteiger partial charge in [-0.25, -0.2) is 21.8 Å². The number of aromatic nitrogens is 1. The van der Waals surface area contributed by atoms with E-state index in [2.05, 4.69) is 10.3 Å². The minimum absolute atomic E-state index is 0.0182. The fourth-order valence-electron chi connectivity index (χ4n) is 6.06. The number of aliphatic hydroxyl groups is 1. The van der Waals surface area contributed by atoms with Crippen molar-refractivity contribution < 1.29 is 36.2 Å². The quantitative estimate of drug-likeness (QED) is 0.391. The summed E-state index contributed by atoms with van der Waals surface area (Å²) in [7, 11) is -5.15. The van der Waals surface area contributed by atoms with Gasteiger partial charge in [-0.05, 0) is 63.3 Å². The van der Waals surface area contributed by atoms with E-state index in [0.29, 0.717) is 81.5 Å². The first-order valence-electron chi connectivity index (χ1n) is 14.8. The Kier molecular flexibility index (Phi) is 8.37. The normalized spacial score (nSPS) is 23.1. The van der Waals surface area contributed by atoms with E-state index in [0.717, 1.165) is 6.42 Å². The Balaban J connectivity index is 0.983. The van der Waals surface area contributed by atoms with Crippen molar-refractivity contribution in [3.05, 3.63) is 36.0 Å². The molecule has 0 bridgehead atoms. The Hall–Kier alpha value is -2.49. The summed E-state index contributed by atoms with van der Waals surface area (Å²) in [5, 5.41) is 13.6. The molecule has 2 atom stereocenters. The van der Waals surface area contributed by atoms with Gasteiger partial charge in [-0.15, -0.1) is 0 Å². The lowest BCUT2D eigenvalue weighted by Crippen LogP contribution is -2.47. The molecule has 2 aromatic rings. The molecule has 3 aliphatic heterocycles. The Labute approximate surface area is 253 Å². The first-order valence-corrected chi connectivity index (χ1v) is 17.8. The number of hydrogen-bond acceptors (Lipinski definition) is 11. The molecule has 236 valence electrons. The summed E-state index contributed by atoms with van der Waals surface area (Å²) in [6.45, 7) is 4.36. The molecule has 43 heavy (non-hydrogen) atoms. The Morgan fingerprint density at radius 3 is 2.67 bits per heavy atom. The van der Waals surface area contributed by atoms with Crippen molar-refractivity contribution in [3.63, 3.8) is 0 Å². The third-order valence-electron chi connectivity index (χ3n) is 8.83. The smallest absolute Gasteiger partial charge is 0.244 e. The number of aliphatic hydroxyl groups excluding tert-OH is 1. The van der Waals surface area contributed by atoms with Crippen LogP contribution in [-0.4, -0.2) is 107 Å². The first-order chi connectivity index (χ1) is 20.5. The second kappa shape index (κ2) is 11.8. The highest BCUT2D eigenvalue weighted by atomic mass is 32.2. The molecule has 3 fully saturated rings. The van der Waals surface area contributed by atoms with Crippen LogP contribution in [0.25, 0.3) is 0 Å². The van der Waals surface area contributed by atoms with Gasteiger partial charge in [-0.3, -0.25) is 0 Å². The van der Waals surface area contributed by atoms with E-state index in [-0.39, 0.29) is 34.2 Å². The number of benzene rings is 1. The van der Waals surface area contributed by atoms with Crippen LogP contribution in [0, 0.1) is 6.92 Å². The van der Waals surface area contributed by atoms with Gasteiger partial charge in [0.15, 0.2) is 9.84 Å². The molecule has 12 nitrogen and oxygen atoms in total. The molecule has 1 aromatic carbocycles. The van der Waals surface area contributed by atoms with Crippen LogP contribution in [0.1, 0.15) is 37.8 Å². The van der Waals surface area contributed by atoms with Gasteiger partial charge in [0.1, 0.15) is 35.7 Å². The average Bonchev–Trinajstić information content (AvgIpc) is 3.78. The number of anilines is 1. The third kappa shape index (κ3) is 6.36. The molecule has 0 amide bonds. The van der Waals surface area contributed by atoms with Gasteiger partial charge >= 0.3 is 0 Å². The summed E-state index contributed by atoms with van der Waals surface area (Å²) in [5.74, 6) is 0.873. The number of nitrogens with zero attached hydrogens (tertiary/aromatic N) is 3. The van der Waals surface area contributed by atoms with E-state index in [1.165, 1.54) is 10.4 Å². The lowest BCUT2D eigenvalue weighted by Gasteiger charge is -2.38. The largest absolute Gasteiger partial charge is 0.491 e. The maximum Gasteiger partial charge on any atom is 0.244 e. The summed E-state index contributed by atoms with van der Waals surface area (Å²) >= 11 is 0. The molecular weight excluding hydrogens is 596 g/mol. The number of fused-ring (bicyclic) bond motifs is 1. The molecule has 14 heteroatoms. The standard InChI is InChI=1S/C29H40N4O8S2/c1-20-27(15-26-28(31-20)39-13-12-32(26)2)43(37,38)33-10-8-29(9-11-33)16-21(18-41-29)30-17-22(34)19-40-23-4-3-5-25(14-23)42(35,36)24-6-7-24/h3-5,14-15,21-22,24,30,34H,6-13,16-19H2,1-2H3/t21-,22+/m1/s1. The van der Waals surface area contributed by atoms with E-state index in [1.54, 1.807) is 31.2 Å². The van der Waals surface area contributed by atoms with E-state index < -0.39 is 31.6 Å². The molecule has 0 unspecified atom stereocenters. The topological polar surface area (TPSA) is 148 Å². The molecule has 1 saturated carbocycles. The predicted molar refractivity (Wildman–Crippen MR) is 159 cm³/mol. The second-order valence-corrected chi connectivity index (χ2v) is 16.2. The predicted octanol–water partition coefficient (Wildman–Crippen LogP) is 1.50. The number of pyridine rings is 1. The van der Waals surface area contributed by atoms with Gasteiger partial charge in [-0.1, -0.05) is 6.07 Å². The molecule has 1 aliphatic carbocycles. The summed E-state index contributed by atoms with van der Waals surface area (Å²) in [6.07, 6.45) is 2.47. The zero-order chi connectivity index (χ0) is 30.4. The number of nitrogens with one attached hydrogen (secondary N) is 1. The number of sulfonamides is 1. The number of piperidine rings is 1. The van der Waals surface area contributed by atoms with Crippen LogP contribution in [-0.2, 0) is 24.6 Å². The third-order valence-corrected chi connectivity index (χ3v) is 13.1. The minimum atomic E-state index is -3.74. The fraction of sp³-hybridized carbons (Fsp3) is 0.621. The van der Waals surface area contributed by atoms with Crippen molar-refractivity contribution >= 4 is 25.5 Å². The summed E-state index contributed by atoms with van der Waals surface area (Å²) in [4.78, 5) is 6.85. The van der Waals surface area contributed by atoms with Gasteiger partial charge < -0.3 is 29.5 Å². The van der Waals surface area contributed by atoms with Crippen LogP contribution in [0.15, 0.2) is 40.1 Å². The molecule has 2 N–H and O–H groups in total. The molecular formula is C29H40N4O8S2. The highest BCUT2D eigenvalue weighted by Crippen LogP contribution is 2.39. The molecule has 0 radical (unpaired) electrons. The number of sulfone groups is 1. The van der Waals surface area contributed by atoms with Crippen LogP contribution in [0.2, 0.25) is 0 Å².